The van der Waals surface area contributed by atoms with Crippen molar-refractivity contribution >= 4 is 11.7 Å². The lowest BCUT2D eigenvalue weighted by Gasteiger charge is -2.27. The molecule has 0 saturated carbocycles. The average molecular weight is 285 g/mol. The summed E-state index contributed by atoms with van der Waals surface area (Å²) in [6.45, 7) is 0. The number of hydrogen-bond donors (Lipinski definition) is 1. The minimum absolute atomic E-state index is 0.195. The number of fused-ring (bicyclic) bond motifs is 1. The summed E-state index contributed by atoms with van der Waals surface area (Å²) in [5.74, 6) is -0.228. The maximum atomic E-state index is 12.5. The number of anilines is 1. The molecule has 1 aliphatic rings. The van der Waals surface area contributed by atoms with Crippen molar-refractivity contribution in [2.75, 3.05) is 5.32 Å². The highest BCUT2D eigenvalue weighted by atomic mass is 16.2. The molecule has 6 nitrogen and oxygen atoms in total. The van der Waals surface area contributed by atoms with Gasteiger partial charge >= 0.3 is 5.69 Å². The van der Waals surface area contributed by atoms with E-state index >= 15 is 0 Å². The normalized spacial score (nSPS) is 17.2. The van der Waals surface area contributed by atoms with E-state index in [1.54, 1.807) is 7.05 Å². The monoisotopic (exact) mass is 285 g/mol. The molecule has 0 bridgehead atoms. The van der Waals surface area contributed by atoms with Gasteiger partial charge in [0.05, 0.1) is 5.56 Å². The summed E-state index contributed by atoms with van der Waals surface area (Å²) in [4.78, 5) is 36.4. The van der Waals surface area contributed by atoms with Crippen LogP contribution in [-0.2, 0) is 18.9 Å². The summed E-state index contributed by atoms with van der Waals surface area (Å²) < 4.78 is 2.38. The van der Waals surface area contributed by atoms with Crippen LogP contribution in [0.25, 0.3) is 0 Å². The van der Waals surface area contributed by atoms with Crippen LogP contribution in [0.3, 0.4) is 0 Å². The van der Waals surface area contributed by atoms with Gasteiger partial charge < -0.3 is 5.32 Å². The van der Waals surface area contributed by atoms with Crippen molar-refractivity contribution in [3.63, 3.8) is 0 Å². The van der Waals surface area contributed by atoms with E-state index in [0.717, 1.165) is 10.1 Å². The van der Waals surface area contributed by atoms with E-state index in [4.69, 9.17) is 0 Å². The lowest BCUT2D eigenvalue weighted by molar-refractivity contribution is -0.116. The zero-order valence-corrected chi connectivity index (χ0v) is 11.8. The minimum atomic E-state index is -0.451. The van der Waals surface area contributed by atoms with Gasteiger partial charge in [-0.2, -0.15) is 0 Å². The van der Waals surface area contributed by atoms with Crippen molar-refractivity contribution in [1.82, 2.24) is 9.13 Å². The van der Waals surface area contributed by atoms with Crippen LogP contribution in [0.4, 0.5) is 5.82 Å². The molecule has 1 aliphatic heterocycles. The fourth-order valence-electron chi connectivity index (χ4n) is 2.78. The van der Waals surface area contributed by atoms with Crippen molar-refractivity contribution in [3.05, 3.63) is 62.3 Å². The molecule has 0 spiro atoms. The van der Waals surface area contributed by atoms with E-state index in [1.807, 2.05) is 30.3 Å². The van der Waals surface area contributed by atoms with Crippen molar-refractivity contribution in [2.24, 2.45) is 14.1 Å². The molecule has 1 aromatic heterocycles. The Morgan fingerprint density at radius 2 is 1.71 bits per heavy atom. The molecule has 0 fully saturated rings. The van der Waals surface area contributed by atoms with E-state index < -0.39 is 5.69 Å². The molecule has 0 aliphatic carbocycles. The Morgan fingerprint density at radius 3 is 2.38 bits per heavy atom. The van der Waals surface area contributed by atoms with Crippen LogP contribution in [0.1, 0.15) is 23.5 Å². The third kappa shape index (κ3) is 1.99. The van der Waals surface area contributed by atoms with Gasteiger partial charge in [0, 0.05) is 26.4 Å². The zero-order valence-electron chi connectivity index (χ0n) is 11.8. The summed E-state index contributed by atoms with van der Waals surface area (Å²) in [6.07, 6.45) is 0.199. The summed E-state index contributed by atoms with van der Waals surface area (Å²) in [7, 11) is 3.00. The quantitative estimate of drug-likeness (QED) is 0.832. The molecule has 21 heavy (non-hydrogen) atoms. The molecule has 3 rings (SSSR count). The van der Waals surface area contributed by atoms with Gasteiger partial charge in [-0.05, 0) is 5.56 Å². The molecular weight excluding hydrogens is 270 g/mol. The van der Waals surface area contributed by atoms with Gasteiger partial charge in [0.15, 0.2) is 0 Å². The van der Waals surface area contributed by atoms with Crippen molar-refractivity contribution in [3.8, 4) is 0 Å². The van der Waals surface area contributed by atoms with Gasteiger partial charge in [-0.3, -0.25) is 18.7 Å². The third-order valence-electron chi connectivity index (χ3n) is 3.90. The second-order valence-electron chi connectivity index (χ2n) is 5.18. The Labute approximate surface area is 120 Å². The molecular formula is C15H15N3O3. The number of aromatic nitrogens is 2. The van der Waals surface area contributed by atoms with Gasteiger partial charge in [0.1, 0.15) is 5.82 Å². The van der Waals surface area contributed by atoms with Crippen molar-refractivity contribution < 1.29 is 4.79 Å². The van der Waals surface area contributed by atoms with Gasteiger partial charge in [-0.25, -0.2) is 4.79 Å². The molecule has 1 amide bonds. The Balaban J connectivity index is 2.33. The molecule has 6 heteroatoms. The summed E-state index contributed by atoms with van der Waals surface area (Å²) in [5.41, 5.74) is 0.546. The first-order valence-electron chi connectivity index (χ1n) is 6.65. The van der Waals surface area contributed by atoms with Gasteiger partial charge in [-0.15, -0.1) is 0 Å². The Morgan fingerprint density at radius 1 is 1.05 bits per heavy atom. The highest BCUT2D eigenvalue weighted by Crippen LogP contribution is 2.33. The SMILES string of the molecule is Cn1c2c(c(=O)n(C)c1=O)[C@H](c1ccccc1)CC(=O)N2. The molecule has 0 unspecified atom stereocenters. The van der Waals surface area contributed by atoms with Crippen molar-refractivity contribution in [1.29, 1.82) is 0 Å². The zero-order chi connectivity index (χ0) is 15.1. The van der Waals surface area contributed by atoms with E-state index in [2.05, 4.69) is 5.32 Å². The Kier molecular flexibility index (Phi) is 3.01. The fraction of sp³-hybridized carbons (Fsp3) is 0.267. The molecule has 1 aromatic carbocycles. The molecule has 2 heterocycles. The van der Waals surface area contributed by atoms with E-state index in [0.29, 0.717) is 11.4 Å². The number of nitrogens with zero attached hydrogens (tertiary/aromatic N) is 2. The summed E-state index contributed by atoms with van der Waals surface area (Å²) in [5, 5.41) is 2.65. The largest absolute Gasteiger partial charge is 0.332 e. The van der Waals surface area contributed by atoms with E-state index in [-0.39, 0.29) is 23.8 Å². The maximum Gasteiger partial charge on any atom is 0.332 e. The molecule has 0 radical (unpaired) electrons. The van der Waals surface area contributed by atoms with Crippen LogP contribution >= 0.6 is 0 Å². The highest BCUT2D eigenvalue weighted by molar-refractivity contribution is 5.94. The van der Waals surface area contributed by atoms with Crippen LogP contribution in [0.15, 0.2) is 39.9 Å². The molecule has 1 N–H and O–H groups in total. The predicted molar refractivity (Wildman–Crippen MR) is 78.5 cm³/mol. The number of hydrogen-bond acceptors (Lipinski definition) is 3. The van der Waals surface area contributed by atoms with Gasteiger partial charge in [0.2, 0.25) is 5.91 Å². The first-order valence-corrected chi connectivity index (χ1v) is 6.65. The predicted octanol–water partition coefficient (Wildman–Crippen LogP) is 0.558. The summed E-state index contributed by atoms with van der Waals surface area (Å²) >= 11 is 0. The lowest BCUT2D eigenvalue weighted by atomic mass is 9.87. The minimum Gasteiger partial charge on any atom is -0.312 e. The Bertz CT molecular complexity index is 834. The van der Waals surface area contributed by atoms with Crippen LogP contribution in [-0.4, -0.2) is 15.0 Å². The maximum absolute atomic E-state index is 12.5. The van der Waals surface area contributed by atoms with Gasteiger partial charge in [-0.1, -0.05) is 30.3 Å². The highest BCUT2D eigenvalue weighted by Gasteiger charge is 2.32. The van der Waals surface area contributed by atoms with Crippen LogP contribution in [0, 0.1) is 0 Å². The number of amides is 1. The number of rotatable bonds is 1. The molecule has 1 atom stereocenters. The summed E-state index contributed by atoms with van der Waals surface area (Å²) in [6, 6.07) is 9.39. The van der Waals surface area contributed by atoms with E-state index in [1.165, 1.54) is 11.6 Å². The number of benzene rings is 1. The first-order chi connectivity index (χ1) is 10.0. The Hall–Kier alpha value is -2.63. The molecule has 2 aromatic rings. The lowest BCUT2D eigenvalue weighted by Crippen LogP contribution is -2.44. The van der Waals surface area contributed by atoms with Crippen LogP contribution < -0.4 is 16.6 Å². The number of carbonyl (C=O) groups is 1. The molecule has 108 valence electrons. The second kappa shape index (κ2) is 4.73. The number of nitrogens with one attached hydrogen (secondary N) is 1. The average Bonchev–Trinajstić information content (AvgIpc) is 2.51. The number of carbonyl (C=O) groups excluding carboxylic acids is 1. The van der Waals surface area contributed by atoms with Gasteiger partial charge in [0.25, 0.3) is 5.56 Å². The fourth-order valence-corrected chi connectivity index (χ4v) is 2.78. The van der Waals surface area contributed by atoms with Crippen LogP contribution in [0.2, 0.25) is 0 Å². The standard InChI is InChI=1S/C15H15N3O3/c1-17-13-12(14(20)18(2)15(17)21)10(8-11(19)16-13)9-6-4-3-5-7-9/h3-7,10H,8H2,1-2H3,(H,16,19)/t10-/m0/s1. The van der Waals surface area contributed by atoms with Crippen LogP contribution in [0.5, 0.6) is 0 Å². The topological polar surface area (TPSA) is 73.1 Å². The molecule has 0 saturated heterocycles. The van der Waals surface area contributed by atoms with E-state index in [9.17, 15) is 14.4 Å². The smallest absolute Gasteiger partial charge is 0.312 e. The van der Waals surface area contributed by atoms with Crippen molar-refractivity contribution in [2.45, 2.75) is 12.3 Å². The second-order valence-corrected chi connectivity index (χ2v) is 5.18. The third-order valence-corrected chi connectivity index (χ3v) is 3.90. The first kappa shape index (κ1) is 13.4.